The van der Waals surface area contributed by atoms with Gasteiger partial charge in [-0.05, 0) is 66.6 Å². The monoisotopic (exact) mass is 601 g/mol. The molecule has 0 aliphatic carbocycles. The first-order valence-electron chi connectivity index (χ1n) is 12.2. The van der Waals surface area contributed by atoms with Crippen molar-refractivity contribution < 1.29 is 36.0 Å². The lowest BCUT2D eigenvalue weighted by Gasteiger charge is -2.19. The zero-order chi connectivity index (χ0) is 29.5. The minimum atomic E-state index is -5.17. The Labute approximate surface area is 235 Å². The Bertz CT molecular complexity index is 1630. The van der Waals surface area contributed by atoms with Gasteiger partial charge >= 0.3 is 13.8 Å². The van der Waals surface area contributed by atoms with Gasteiger partial charge < -0.3 is 20.1 Å². The lowest BCUT2D eigenvalue weighted by Crippen LogP contribution is -2.45. The van der Waals surface area contributed by atoms with Crippen molar-refractivity contribution in [2.24, 2.45) is 0 Å². The van der Waals surface area contributed by atoms with Crippen molar-refractivity contribution in [2.75, 3.05) is 10.6 Å². The number of hydrogen-bond donors (Lipinski definition) is 4. The van der Waals surface area contributed by atoms with Gasteiger partial charge in [-0.1, -0.05) is 54.6 Å². The van der Waals surface area contributed by atoms with Gasteiger partial charge in [-0.3, -0.25) is 4.79 Å². The largest absolute Gasteiger partial charge is 0.442 e. The number of carbonyl (C=O) groups is 1. The zero-order valence-electron chi connectivity index (χ0n) is 21.4. The molecule has 1 amide bonds. The molecule has 0 heterocycles. The molecule has 1 unspecified atom stereocenters. The number of benzene rings is 4. The Morgan fingerprint density at radius 2 is 1.41 bits per heavy atom. The summed E-state index contributed by atoms with van der Waals surface area (Å²) in [5, 5.41) is 5.95. The topological polar surface area (TPSA) is 134 Å². The van der Waals surface area contributed by atoms with Crippen LogP contribution < -0.4 is 19.9 Å². The van der Waals surface area contributed by atoms with Gasteiger partial charge in [0.25, 0.3) is 0 Å². The van der Waals surface area contributed by atoms with Crippen LogP contribution >= 0.6 is 7.60 Å². The molecule has 13 heteroatoms. The minimum Gasteiger partial charge on any atom is -0.421 e. The van der Waals surface area contributed by atoms with Crippen LogP contribution in [0.5, 0.6) is 5.75 Å². The smallest absolute Gasteiger partial charge is 0.421 e. The molecule has 41 heavy (non-hydrogen) atoms. The van der Waals surface area contributed by atoms with E-state index in [1.807, 2.05) is 30.3 Å². The molecule has 0 saturated heterocycles. The van der Waals surface area contributed by atoms with Gasteiger partial charge in [0.1, 0.15) is 11.8 Å². The predicted octanol–water partition coefficient (Wildman–Crippen LogP) is 5.75. The van der Waals surface area contributed by atoms with Gasteiger partial charge in [-0.25, -0.2) is 13.0 Å². The first-order valence-corrected chi connectivity index (χ1v) is 15.3. The standard InChI is InChI=1S/C28H26F2N3O6PS/c29-28(30)40(35,36)39-24-16-14-20(15-17-24)18-26(33-41(37,38)25-12-5-2-6-13-25)27(34)32-23-11-7-10-22(19-23)31-21-8-3-1-4-9-21/h1-17,19,26,28,31,33H,18H2,(H,32,34)(H,35,36)/t26-/m0/s1. The van der Waals surface area contributed by atoms with E-state index in [1.165, 1.54) is 36.4 Å². The second-order valence-electron chi connectivity index (χ2n) is 8.83. The maximum Gasteiger partial charge on any atom is 0.442 e. The van der Waals surface area contributed by atoms with E-state index >= 15 is 0 Å². The third kappa shape index (κ3) is 8.45. The second-order valence-corrected chi connectivity index (χ2v) is 12.2. The van der Waals surface area contributed by atoms with Crippen LogP contribution in [-0.2, 0) is 25.8 Å². The van der Waals surface area contributed by atoms with Gasteiger partial charge in [0.2, 0.25) is 15.9 Å². The van der Waals surface area contributed by atoms with E-state index in [-0.39, 0.29) is 17.1 Å². The molecule has 0 spiro atoms. The summed E-state index contributed by atoms with van der Waals surface area (Å²) in [7, 11) is -9.28. The normalized spacial score (nSPS) is 13.7. The third-order valence-corrected chi connectivity index (χ3v) is 8.16. The molecule has 0 aromatic heterocycles. The third-order valence-electron chi connectivity index (χ3n) is 5.71. The number of amides is 1. The molecule has 9 nitrogen and oxygen atoms in total. The highest BCUT2D eigenvalue weighted by Crippen LogP contribution is 2.48. The van der Waals surface area contributed by atoms with Crippen molar-refractivity contribution in [3.05, 3.63) is 115 Å². The van der Waals surface area contributed by atoms with Gasteiger partial charge in [0, 0.05) is 17.1 Å². The Kier molecular flexibility index (Phi) is 9.51. The van der Waals surface area contributed by atoms with Gasteiger partial charge in [0.15, 0.2) is 0 Å². The Morgan fingerprint density at radius 1 is 0.829 bits per heavy atom. The summed E-state index contributed by atoms with van der Waals surface area (Å²) in [6.45, 7) is 0. The molecule has 4 aromatic carbocycles. The van der Waals surface area contributed by atoms with Crippen molar-refractivity contribution >= 4 is 40.6 Å². The van der Waals surface area contributed by atoms with Crippen LogP contribution in [0.3, 0.4) is 0 Å². The second kappa shape index (κ2) is 13.0. The molecule has 2 atom stereocenters. The van der Waals surface area contributed by atoms with E-state index in [2.05, 4.69) is 19.9 Å². The fraction of sp³-hybridized carbons (Fsp3) is 0.107. The summed E-state index contributed by atoms with van der Waals surface area (Å²) in [4.78, 5) is 22.6. The number of sulfonamides is 1. The van der Waals surface area contributed by atoms with E-state index in [0.717, 1.165) is 5.69 Å². The van der Waals surface area contributed by atoms with Crippen molar-refractivity contribution in [3.8, 4) is 5.75 Å². The summed E-state index contributed by atoms with van der Waals surface area (Å²) < 4.78 is 69.9. The number of anilines is 3. The van der Waals surface area contributed by atoms with Gasteiger partial charge in [0.05, 0.1) is 4.90 Å². The van der Waals surface area contributed by atoms with Gasteiger partial charge in [-0.2, -0.15) is 13.5 Å². The molecule has 0 saturated carbocycles. The van der Waals surface area contributed by atoms with Crippen LogP contribution in [0.1, 0.15) is 5.56 Å². The highest BCUT2D eigenvalue weighted by molar-refractivity contribution is 7.89. The zero-order valence-corrected chi connectivity index (χ0v) is 23.1. The summed E-state index contributed by atoms with van der Waals surface area (Å²) in [6, 6.07) is 27.6. The van der Waals surface area contributed by atoms with Crippen LogP contribution in [0, 0.1) is 0 Å². The van der Waals surface area contributed by atoms with Crippen LogP contribution in [0.4, 0.5) is 25.8 Å². The Morgan fingerprint density at radius 3 is 2.05 bits per heavy atom. The Hall–Kier alpha value is -4.09. The number of rotatable bonds is 12. The van der Waals surface area contributed by atoms with E-state index in [0.29, 0.717) is 16.9 Å². The summed E-state index contributed by atoms with van der Waals surface area (Å²) in [5.74, 6) is -0.937. The van der Waals surface area contributed by atoms with E-state index in [4.69, 9.17) is 0 Å². The number of para-hydroxylation sites is 1. The van der Waals surface area contributed by atoms with Gasteiger partial charge in [-0.15, -0.1) is 0 Å². The fourth-order valence-electron chi connectivity index (χ4n) is 3.75. The van der Waals surface area contributed by atoms with E-state index in [1.54, 1.807) is 42.5 Å². The number of halogens is 2. The average molecular weight is 602 g/mol. The molecule has 0 bridgehead atoms. The first kappa shape index (κ1) is 29.9. The lowest BCUT2D eigenvalue weighted by atomic mass is 10.1. The molecule has 4 N–H and O–H groups in total. The quantitative estimate of drug-likeness (QED) is 0.152. The predicted molar refractivity (Wildman–Crippen MR) is 152 cm³/mol. The number of alkyl halides is 2. The molecule has 0 fully saturated rings. The first-order chi connectivity index (χ1) is 19.5. The molecule has 4 aromatic rings. The van der Waals surface area contributed by atoms with Crippen molar-refractivity contribution in [2.45, 2.75) is 23.5 Å². The Balaban J connectivity index is 1.54. The van der Waals surface area contributed by atoms with Crippen LogP contribution in [0.2, 0.25) is 0 Å². The maximum atomic E-state index is 13.4. The molecule has 0 aliphatic rings. The van der Waals surface area contributed by atoms with Crippen molar-refractivity contribution in [1.29, 1.82) is 0 Å². The van der Waals surface area contributed by atoms with Crippen LogP contribution in [0.15, 0.2) is 114 Å². The van der Waals surface area contributed by atoms with Crippen LogP contribution in [-0.4, -0.2) is 31.4 Å². The van der Waals surface area contributed by atoms with Crippen molar-refractivity contribution in [3.63, 3.8) is 0 Å². The molecule has 214 valence electrons. The number of hydrogen-bond acceptors (Lipinski definition) is 6. The molecule has 4 rings (SSSR count). The SMILES string of the molecule is O=C(Nc1cccc(Nc2ccccc2)c1)[C@H](Cc1ccc(OP(=O)(O)C(F)F)cc1)NS(=O)(=O)c1ccccc1. The highest BCUT2D eigenvalue weighted by atomic mass is 32.2. The molecular formula is C28H26F2N3O6PS. The summed E-state index contributed by atoms with van der Waals surface area (Å²) in [6.07, 6.45) is -3.71. The summed E-state index contributed by atoms with van der Waals surface area (Å²) >= 11 is 0. The maximum absolute atomic E-state index is 13.4. The molecule has 0 aliphatic heterocycles. The average Bonchev–Trinajstić information content (AvgIpc) is 2.94. The van der Waals surface area contributed by atoms with Crippen LogP contribution in [0.25, 0.3) is 0 Å². The molecular weight excluding hydrogens is 575 g/mol. The number of nitrogens with one attached hydrogen (secondary N) is 3. The van der Waals surface area contributed by atoms with E-state index in [9.17, 15) is 31.5 Å². The lowest BCUT2D eigenvalue weighted by molar-refractivity contribution is -0.117. The number of carbonyl (C=O) groups excluding carboxylic acids is 1. The van der Waals surface area contributed by atoms with E-state index < -0.39 is 35.7 Å². The minimum absolute atomic E-state index is 0.0405. The fourth-order valence-corrected chi connectivity index (χ4v) is 5.47. The van der Waals surface area contributed by atoms with Crippen molar-refractivity contribution in [1.82, 2.24) is 4.72 Å². The highest BCUT2D eigenvalue weighted by Gasteiger charge is 2.34. The molecule has 0 radical (unpaired) electrons. The summed E-state index contributed by atoms with van der Waals surface area (Å²) in [5.41, 5.74) is 2.37.